The molecule has 0 bridgehead atoms. The van der Waals surface area contributed by atoms with Crippen LogP contribution in [0.1, 0.15) is 16.8 Å². The fraction of sp³-hybridized carbons (Fsp3) is 0.326. The van der Waals surface area contributed by atoms with Gasteiger partial charge in [-0.15, -0.1) is 0 Å². The minimum Gasteiger partial charge on any atom is -0.497 e. The number of methoxy groups -OCH3 is 1. The molecule has 7 rings (SSSR count). The number of aromatic nitrogens is 4. The Hall–Kier alpha value is -5.68. The van der Waals surface area contributed by atoms with Crippen molar-refractivity contribution in [3.8, 4) is 51.5 Å². The molecule has 0 amide bonds. The van der Waals surface area contributed by atoms with Crippen LogP contribution in [0.15, 0.2) is 79.1 Å². The quantitative estimate of drug-likeness (QED) is 0.0903. The summed E-state index contributed by atoms with van der Waals surface area (Å²) < 4.78 is 59.7. The number of fused-ring (bicyclic) bond motifs is 1. The van der Waals surface area contributed by atoms with E-state index in [-0.39, 0.29) is 24.9 Å². The highest BCUT2D eigenvalue weighted by molar-refractivity contribution is 7.13. The van der Waals surface area contributed by atoms with Crippen molar-refractivity contribution < 1.29 is 42.4 Å². The fourth-order valence-electron chi connectivity index (χ4n) is 6.78. The maximum absolute atomic E-state index is 12.9. The first kappa shape index (κ1) is 42.4. The molecule has 1 saturated heterocycles. The van der Waals surface area contributed by atoms with Gasteiger partial charge in [-0.1, -0.05) is 48.0 Å². The van der Waals surface area contributed by atoms with Gasteiger partial charge in [-0.2, -0.15) is 9.36 Å². The molecular formula is C43H43ClF2N6O7S. The number of carboxylic acid groups (broad SMARTS) is 1. The summed E-state index contributed by atoms with van der Waals surface area (Å²) in [6, 6.07) is 19.6. The number of piperazine rings is 1. The van der Waals surface area contributed by atoms with Crippen molar-refractivity contribution in [1.29, 1.82) is 0 Å². The Kier molecular flexibility index (Phi) is 13.9. The summed E-state index contributed by atoms with van der Waals surface area (Å²) in [6.45, 7) is 6.25. The molecule has 1 aliphatic rings. The summed E-state index contributed by atoms with van der Waals surface area (Å²) >= 11 is 8.21. The number of pyridine rings is 1. The minimum atomic E-state index is -2.68. The van der Waals surface area contributed by atoms with Gasteiger partial charge in [0.2, 0.25) is 12.0 Å². The van der Waals surface area contributed by atoms with Crippen molar-refractivity contribution in [3.05, 3.63) is 101 Å². The second-order valence-electron chi connectivity index (χ2n) is 14.1. The number of alkyl halides is 2. The van der Waals surface area contributed by atoms with Crippen molar-refractivity contribution in [2.45, 2.75) is 32.5 Å². The van der Waals surface area contributed by atoms with Crippen LogP contribution in [0.2, 0.25) is 5.02 Å². The molecule has 0 saturated carbocycles. The monoisotopic (exact) mass is 860 g/mol. The number of benzene rings is 3. The van der Waals surface area contributed by atoms with Crippen LogP contribution in [-0.4, -0.2) is 113 Å². The molecule has 1 unspecified atom stereocenters. The lowest BCUT2D eigenvalue weighted by Crippen LogP contribution is -2.45. The predicted molar refractivity (Wildman–Crippen MR) is 224 cm³/mol. The molecule has 1 aliphatic heterocycles. The predicted octanol–water partition coefficient (Wildman–Crippen LogP) is 7.71. The second kappa shape index (κ2) is 19.6. The molecule has 13 nitrogen and oxygen atoms in total. The van der Waals surface area contributed by atoms with E-state index in [1.165, 1.54) is 6.20 Å². The lowest BCUT2D eigenvalue weighted by molar-refractivity contribution is -0.145. The maximum Gasteiger partial charge on any atom is 0.345 e. The van der Waals surface area contributed by atoms with E-state index in [2.05, 4.69) is 31.2 Å². The Morgan fingerprint density at radius 3 is 2.58 bits per heavy atom. The van der Waals surface area contributed by atoms with Crippen LogP contribution >= 0.6 is 23.1 Å². The molecular weight excluding hydrogens is 818 g/mol. The van der Waals surface area contributed by atoms with E-state index in [0.29, 0.717) is 61.5 Å². The number of hydrogen-bond acceptors (Lipinski definition) is 13. The Bertz CT molecular complexity index is 2430. The lowest BCUT2D eigenvalue weighted by Gasteiger charge is -2.32. The van der Waals surface area contributed by atoms with Crippen LogP contribution < -0.4 is 23.7 Å². The van der Waals surface area contributed by atoms with Gasteiger partial charge in [0.1, 0.15) is 30.5 Å². The SMILES string of the molecule is COc1cccc(-c2ncc3snc(OC(Cc4ccccc4OCc4ccnc(OCC(F)F)n4)C(=O)O)c3c2-c2ccc(OCCN3CCN(C)CC3)c(Cl)c2C)c1. The topological polar surface area (TPSA) is 141 Å². The van der Waals surface area contributed by atoms with Gasteiger partial charge in [0, 0.05) is 62.7 Å². The number of para-hydroxylation sites is 1. The van der Waals surface area contributed by atoms with Gasteiger partial charge in [0.25, 0.3) is 6.43 Å². The zero-order valence-corrected chi connectivity index (χ0v) is 34.7. The first-order chi connectivity index (χ1) is 29.1. The third kappa shape index (κ3) is 10.2. The van der Waals surface area contributed by atoms with Crippen LogP contribution in [0.5, 0.6) is 29.1 Å². The Morgan fingerprint density at radius 1 is 0.983 bits per heavy atom. The number of halogens is 3. The Morgan fingerprint density at radius 2 is 1.80 bits per heavy atom. The van der Waals surface area contributed by atoms with Crippen molar-refractivity contribution in [2.75, 3.05) is 60.1 Å². The van der Waals surface area contributed by atoms with Crippen LogP contribution in [-0.2, 0) is 17.8 Å². The van der Waals surface area contributed by atoms with E-state index in [0.717, 1.165) is 60.9 Å². The lowest BCUT2D eigenvalue weighted by atomic mass is 9.93. The van der Waals surface area contributed by atoms with Gasteiger partial charge < -0.3 is 33.7 Å². The second-order valence-corrected chi connectivity index (χ2v) is 15.2. The van der Waals surface area contributed by atoms with Gasteiger partial charge in [-0.25, -0.2) is 18.6 Å². The molecule has 17 heteroatoms. The number of hydrogen-bond donors (Lipinski definition) is 1. The molecule has 60 heavy (non-hydrogen) atoms. The zero-order chi connectivity index (χ0) is 42.2. The molecule has 4 heterocycles. The number of ether oxygens (including phenoxy) is 5. The number of aliphatic carboxylic acids is 1. The molecule has 0 aliphatic carbocycles. The molecule has 6 aromatic rings. The number of likely N-dealkylation sites (N-methyl/N-ethyl adjacent to an activating group) is 1. The third-order valence-electron chi connectivity index (χ3n) is 10.0. The number of carbonyl (C=O) groups is 1. The number of nitrogens with zero attached hydrogens (tertiary/aromatic N) is 6. The van der Waals surface area contributed by atoms with Crippen molar-refractivity contribution in [3.63, 3.8) is 0 Å². The molecule has 314 valence electrons. The summed E-state index contributed by atoms with van der Waals surface area (Å²) in [6.07, 6.45) is -1.09. The minimum absolute atomic E-state index is 0.0642. The molecule has 1 atom stereocenters. The van der Waals surface area contributed by atoms with Crippen LogP contribution in [0, 0.1) is 6.92 Å². The summed E-state index contributed by atoms with van der Waals surface area (Å²) in [4.78, 5) is 30.5. The average Bonchev–Trinajstić information content (AvgIpc) is 3.67. The highest BCUT2D eigenvalue weighted by atomic mass is 35.5. The van der Waals surface area contributed by atoms with Crippen LogP contribution in [0.3, 0.4) is 0 Å². The maximum atomic E-state index is 12.9. The molecule has 0 spiro atoms. The summed E-state index contributed by atoms with van der Waals surface area (Å²) in [5.41, 5.74) is 4.39. The van der Waals surface area contributed by atoms with Crippen molar-refractivity contribution in [1.82, 2.24) is 29.1 Å². The van der Waals surface area contributed by atoms with Crippen LogP contribution in [0.4, 0.5) is 8.78 Å². The van der Waals surface area contributed by atoms with E-state index in [4.69, 9.17) is 40.3 Å². The number of rotatable bonds is 18. The average molecular weight is 861 g/mol. The van der Waals surface area contributed by atoms with E-state index < -0.39 is 25.1 Å². The van der Waals surface area contributed by atoms with E-state index in [9.17, 15) is 18.7 Å². The van der Waals surface area contributed by atoms with E-state index >= 15 is 0 Å². The normalized spacial score (nSPS) is 14.0. The van der Waals surface area contributed by atoms with Crippen molar-refractivity contribution >= 4 is 39.2 Å². The smallest absolute Gasteiger partial charge is 0.345 e. The van der Waals surface area contributed by atoms with Crippen LogP contribution in [0.25, 0.3) is 32.5 Å². The van der Waals surface area contributed by atoms with Gasteiger partial charge in [0.15, 0.2) is 6.61 Å². The zero-order valence-electron chi connectivity index (χ0n) is 33.1. The largest absolute Gasteiger partial charge is 0.497 e. The Balaban J connectivity index is 1.19. The van der Waals surface area contributed by atoms with Gasteiger partial charge >= 0.3 is 12.0 Å². The first-order valence-corrected chi connectivity index (χ1v) is 20.3. The summed E-state index contributed by atoms with van der Waals surface area (Å²) in [5, 5.41) is 11.6. The highest BCUT2D eigenvalue weighted by Crippen LogP contribution is 2.46. The fourth-order valence-corrected chi connectivity index (χ4v) is 7.70. The van der Waals surface area contributed by atoms with E-state index in [1.54, 1.807) is 43.6 Å². The highest BCUT2D eigenvalue weighted by Gasteiger charge is 2.28. The molecule has 1 N–H and O–H groups in total. The first-order valence-electron chi connectivity index (χ1n) is 19.2. The standard InChI is InChI=1S/C43H43ClF2N6O7S/c1-26-31(11-12-33(39(26)44)56-20-19-52-17-15-51(2)16-18-52)37-38-35(23-48-40(37)28-8-6-9-30(21-28)55-3)60-50-41(38)59-34(42(53)54)22-27-7-4-5-10-32(27)57-24-29-13-14-47-43(49-29)58-25-36(45)46/h4-14,21,23,34,36H,15-20,22,24-25H2,1-3H3,(H,53,54). The molecule has 3 aromatic carbocycles. The Labute approximate surface area is 354 Å². The van der Waals surface area contributed by atoms with E-state index in [1.807, 2.05) is 43.3 Å². The molecule has 0 radical (unpaired) electrons. The number of carboxylic acids is 1. The summed E-state index contributed by atoms with van der Waals surface area (Å²) in [7, 11) is 3.72. The summed E-state index contributed by atoms with van der Waals surface area (Å²) in [5.74, 6) is 0.463. The third-order valence-corrected chi connectivity index (χ3v) is 11.3. The van der Waals surface area contributed by atoms with Gasteiger partial charge in [-0.3, -0.25) is 9.88 Å². The van der Waals surface area contributed by atoms with Gasteiger partial charge in [-0.05, 0) is 72.5 Å². The molecule has 1 fully saturated rings. The molecule has 3 aromatic heterocycles. The van der Waals surface area contributed by atoms with Crippen molar-refractivity contribution in [2.24, 2.45) is 0 Å². The van der Waals surface area contributed by atoms with Gasteiger partial charge in [0.05, 0.1) is 33.6 Å².